The van der Waals surface area contributed by atoms with Crippen LogP contribution in [0.1, 0.15) is 35.9 Å². The third-order valence-corrected chi connectivity index (χ3v) is 3.47. The van der Waals surface area contributed by atoms with Crippen LogP contribution in [0, 0.1) is 0 Å². The summed E-state index contributed by atoms with van der Waals surface area (Å²) >= 11 is 1.25. The van der Waals surface area contributed by atoms with Crippen molar-refractivity contribution in [2.75, 3.05) is 12.3 Å². The van der Waals surface area contributed by atoms with Gasteiger partial charge < -0.3 is 15.8 Å². The molecule has 0 bridgehead atoms. The van der Waals surface area contributed by atoms with Crippen molar-refractivity contribution in [2.45, 2.75) is 19.9 Å². The third kappa shape index (κ3) is 3.48. The van der Waals surface area contributed by atoms with Gasteiger partial charge in [0, 0.05) is 5.38 Å². The fraction of sp³-hybridized carbons (Fsp3) is 0.286. The van der Waals surface area contributed by atoms with Crippen molar-refractivity contribution in [3.63, 3.8) is 0 Å². The van der Waals surface area contributed by atoms with Gasteiger partial charge in [-0.3, -0.25) is 4.79 Å². The summed E-state index contributed by atoms with van der Waals surface area (Å²) in [5, 5.41) is 4.93. The number of aromatic nitrogens is 1. The number of hydrogen-bond donors (Lipinski definition) is 2. The third-order valence-electron chi connectivity index (χ3n) is 2.79. The molecule has 106 valence electrons. The number of thiazole rings is 1. The fourth-order valence-electron chi connectivity index (χ4n) is 1.77. The average Bonchev–Trinajstić information content (AvgIpc) is 2.86. The Labute approximate surface area is 121 Å². The molecule has 1 heterocycles. The second-order valence-corrected chi connectivity index (χ2v) is 5.16. The summed E-state index contributed by atoms with van der Waals surface area (Å²) in [5.41, 5.74) is 6.87. The molecule has 0 aliphatic carbocycles. The van der Waals surface area contributed by atoms with E-state index in [1.54, 1.807) is 5.38 Å². The lowest BCUT2D eigenvalue weighted by atomic mass is 10.1. The number of rotatable bonds is 5. The van der Waals surface area contributed by atoms with E-state index in [9.17, 15) is 4.79 Å². The molecule has 6 heteroatoms. The molecule has 0 aliphatic rings. The first kappa shape index (κ1) is 14.3. The van der Waals surface area contributed by atoms with E-state index < -0.39 is 0 Å². The molecule has 1 aromatic carbocycles. The van der Waals surface area contributed by atoms with Gasteiger partial charge in [0.05, 0.1) is 12.6 Å². The van der Waals surface area contributed by atoms with E-state index in [0.29, 0.717) is 17.4 Å². The molecule has 0 radical (unpaired) electrons. The largest absolute Gasteiger partial charge is 0.494 e. The van der Waals surface area contributed by atoms with Gasteiger partial charge in [-0.25, -0.2) is 4.98 Å². The van der Waals surface area contributed by atoms with Crippen LogP contribution in [-0.2, 0) is 0 Å². The first-order valence-corrected chi connectivity index (χ1v) is 7.22. The molecule has 0 fully saturated rings. The van der Waals surface area contributed by atoms with Gasteiger partial charge in [0.25, 0.3) is 5.91 Å². The Bertz CT molecular complexity index is 580. The normalized spacial score (nSPS) is 11.9. The molecule has 1 unspecified atom stereocenters. The summed E-state index contributed by atoms with van der Waals surface area (Å²) in [7, 11) is 0. The standard InChI is InChI=1S/C14H17N3O2S/c1-3-19-11-6-4-10(5-7-11)9(2)16-13(18)12-8-20-14(15)17-12/h4-9H,3H2,1-2H3,(H2,15,17)(H,16,18). The Kier molecular flexibility index (Phi) is 4.57. The van der Waals surface area contributed by atoms with Crippen LogP contribution in [0.3, 0.4) is 0 Å². The number of carbonyl (C=O) groups is 1. The van der Waals surface area contributed by atoms with Crippen molar-refractivity contribution in [3.05, 3.63) is 40.9 Å². The molecule has 5 nitrogen and oxygen atoms in total. The van der Waals surface area contributed by atoms with Gasteiger partial charge >= 0.3 is 0 Å². The highest BCUT2D eigenvalue weighted by Gasteiger charge is 2.13. The second-order valence-electron chi connectivity index (χ2n) is 4.27. The maximum absolute atomic E-state index is 12.0. The first-order valence-electron chi connectivity index (χ1n) is 6.34. The van der Waals surface area contributed by atoms with Crippen LogP contribution in [0.2, 0.25) is 0 Å². The SMILES string of the molecule is CCOc1ccc(C(C)NC(=O)c2csc(N)n2)cc1. The van der Waals surface area contributed by atoms with Crippen molar-refractivity contribution < 1.29 is 9.53 Å². The molecule has 1 amide bonds. The van der Waals surface area contributed by atoms with Crippen LogP contribution in [-0.4, -0.2) is 17.5 Å². The molecule has 2 rings (SSSR count). The van der Waals surface area contributed by atoms with Crippen LogP contribution in [0.15, 0.2) is 29.6 Å². The number of carbonyl (C=O) groups excluding carboxylic acids is 1. The first-order chi connectivity index (χ1) is 9.60. The number of anilines is 1. The minimum Gasteiger partial charge on any atom is -0.494 e. The van der Waals surface area contributed by atoms with E-state index in [4.69, 9.17) is 10.5 Å². The van der Waals surface area contributed by atoms with Crippen LogP contribution in [0.5, 0.6) is 5.75 Å². The summed E-state index contributed by atoms with van der Waals surface area (Å²) in [4.78, 5) is 15.9. The minimum absolute atomic E-state index is 0.110. The molecule has 0 saturated heterocycles. The van der Waals surface area contributed by atoms with Crippen molar-refractivity contribution in [1.82, 2.24) is 10.3 Å². The Morgan fingerprint density at radius 2 is 2.15 bits per heavy atom. The Balaban J connectivity index is 2.00. The smallest absolute Gasteiger partial charge is 0.271 e. The number of ether oxygens (including phenoxy) is 1. The zero-order chi connectivity index (χ0) is 14.5. The molecule has 0 saturated carbocycles. The van der Waals surface area contributed by atoms with E-state index in [0.717, 1.165) is 11.3 Å². The van der Waals surface area contributed by atoms with Gasteiger partial charge in [-0.2, -0.15) is 0 Å². The average molecular weight is 291 g/mol. The van der Waals surface area contributed by atoms with E-state index in [1.165, 1.54) is 11.3 Å². The van der Waals surface area contributed by atoms with Crippen molar-refractivity contribution in [1.29, 1.82) is 0 Å². The maximum Gasteiger partial charge on any atom is 0.271 e. The van der Waals surface area contributed by atoms with E-state index in [2.05, 4.69) is 10.3 Å². The van der Waals surface area contributed by atoms with E-state index in [-0.39, 0.29) is 11.9 Å². The minimum atomic E-state index is -0.223. The fourth-order valence-corrected chi connectivity index (χ4v) is 2.31. The lowest BCUT2D eigenvalue weighted by Gasteiger charge is -2.14. The molecular formula is C14H17N3O2S. The summed E-state index contributed by atoms with van der Waals surface area (Å²) in [6, 6.07) is 7.54. The number of benzene rings is 1. The van der Waals surface area contributed by atoms with Crippen molar-refractivity contribution >= 4 is 22.4 Å². The highest BCUT2D eigenvalue weighted by atomic mass is 32.1. The quantitative estimate of drug-likeness (QED) is 0.887. The van der Waals surface area contributed by atoms with Gasteiger partial charge in [0.1, 0.15) is 11.4 Å². The predicted octanol–water partition coefficient (Wildman–Crippen LogP) is 2.62. The Morgan fingerprint density at radius 3 is 2.70 bits per heavy atom. The number of nitrogen functional groups attached to an aromatic ring is 1. The highest BCUT2D eigenvalue weighted by molar-refractivity contribution is 7.13. The number of nitrogens with zero attached hydrogens (tertiary/aromatic N) is 1. The van der Waals surface area contributed by atoms with Gasteiger partial charge in [-0.15, -0.1) is 11.3 Å². The molecule has 0 aliphatic heterocycles. The summed E-state index contributed by atoms with van der Waals surface area (Å²) in [5.74, 6) is 0.599. The van der Waals surface area contributed by atoms with Gasteiger partial charge in [0.2, 0.25) is 0 Å². The number of nitrogens with one attached hydrogen (secondary N) is 1. The van der Waals surface area contributed by atoms with Crippen molar-refractivity contribution in [3.8, 4) is 5.75 Å². The molecule has 2 aromatic rings. The zero-order valence-corrected chi connectivity index (χ0v) is 12.2. The maximum atomic E-state index is 12.0. The van der Waals surface area contributed by atoms with Crippen LogP contribution < -0.4 is 15.8 Å². The molecule has 3 N–H and O–H groups in total. The molecule has 0 spiro atoms. The summed E-state index contributed by atoms with van der Waals surface area (Å²) < 4.78 is 5.38. The number of amides is 1. The van der Waals surface area contributed by atoms with Crippen molar-refractivity contribution in [2.24, 2.45) is 0 Å². The topological polar surface area (TPSA) is 77.2 Å². The number of nitrogens with two attached hydrogens (primary N) is 1. The van der Waals surface area contributed by atoms with Crippen LogP contribution in [0.4, 0.5) is 5.13 Å². The monoisotopic (exact) mass is 291 g/mol. The second kappa shape index (κ2) is 6.38. The predicted molar refractivity (Wildman–Crippen MR) is 80.0 cm³/mol. The summed E-state index contributed by atoms with van der Waals surface area (Å²) in [6.07, 6.45) is 0. The van der Waals surface area contributed by atoms with Gasteiger partial charge in [-0.1, -0.05) is 12.1 Å². The molecule has 20 heavy (non-hydrogen) atoms. The van der Waals surface area contributed by atoms with E-state index in [1.807, 2.05) is 38.1 Å². The van der Waals surface area contributed by atoms with Gasteiger partial charge in [0.15, 0.2) is 5.13 Å². The van der Waals surface area contributed by atoms with Crippen LogP contribution in [0.25, 0.3) is 0 Å². The summed E-state index contributed by atoms with van der Waals surface area (Å²) in [6.45, 7) is 4.50. The Hall–Kier alpha value is -2.08. The van der Waals surface area contributed by atoms with Gasteiger partial charge in [-0.05, 0) is 31.5 Å². The molecule has 1 aromatic heterocycles. The highest BCUT2D eigenvalue weighted by Crippen LogP contribution is 2.18. The Morgan fingerprint density at radius 1 is 1.45 bits per heavy atom. The lowest BCUT2D eigenvalue weighted by Crippen LogP contribution is -2.26. The molecular weight excluding hydrogens is 274 g/mol. The van der Waals surface area contributed by atoms with E-state index >= 15 is 0 Å². The molecule has 1 atom stereocenters. The number of hydrogen-bond acceptors (Lipinski definition) is 5. The zero-order valence-electron chi connectivity index (χ0n) is 11.4. The lowest BCUT2D eigenvalue weighted by molar-refractivity contribution is 0.0935. The van der Waals surface area contributed by atoms with Crippen LogP contribution >= 0.6 is 11.3 Å².